The number of hydrogen-bond donors (Lipinski definition) is 0. The summed E-state index contributed by atoms with van der Waals surface area (Å²) >= 11 is 4.97. The predicted molar refractivity (Wildman–Crippen MR) is 128 cm³/mol. The van der Waals surface area contributed by atoms with Crippen LogP contribution in [0.3, 0.4) is 0 Å². The Kier molecular flexibility index (Phi) is 7.55. The van der Waals surface area contributed by atoms with Gasteiger partial charge in [0, 0.05) is 36.2 Å². The molecule has 0 unspecified atom stereocenters. The van der Waals surface area contributed by atoms with E-state index in [1.807, 2.05) is 54.3 Å². The molecule has 31 heavy (non-hydrogen) atoms. The number of rotatable bonds is 8. The van der Waals surface area contributed by atoms with Gasteiger partial charge in [-0.3, -0.25) is 14.6 Å². The minimum atomic E-state index is -0.0291. The van der Waals surface area contributed by atoms with Gasteiger partial charge in [-0.15, -0.1) is 0 Å². The van der Waals surface area contributed by atoms with Gasteiger partial charge >= 0.3 is 0 Å². The number of nitrogens with zero attached hydrogens (tertiary/aromatic N) is 3. The zero-order valence-corrected chi connectivity index (χ0v) is 20.0. The molecule has 0 spiro atoms. The lowest BCUT2D eigenvalue weighted by Crippen LogP contribution is -2.39. The Morgan fingerprint density at radius 1 is 1.23 bits per heavy atom. The average molecular weight is 504 g/mol. The Labute approximate surface area is 194 Å². The molecular formula is C23H26BrN3O3S. The Morgan fingerprint density at radius 2 is 2.00 bits per heavy atom. The first-order chi connectivity index (χ1) is 15.1. The van der Waals surface area contributed by atoms with Gasteiger partial charge in [0.1, 0.15) is 5.75 Å². The summed E-state index contributed by atoms with van der Waals surface area (Å²) in [6.45, 7) is 7.59. The molecule has 164 valence electrons. The van der Waals surface area contributed by atoms with Crippen LogP contribution in [0.2, 0.25) is 0 Å². The molecule has 0 radical (unpaired) electrons. The van der Waals surface area contributed by atoms with E-state index in [9.17, 15) is 4.79 Å². The fourth-order valence-corrected chi connectivity index (χ4v) is 4.86. The van der Waals surface area contributed by atoms with Crippen molar-refractivity contribution in [3.63, 3.8) is 0 Å². The standard InChI is InChI=1S/C23H26BrN3O3S/c1-2-30-19-8-9-20-21(16-19)31-23(25-20)27(11-3-10-26-12-14-29-15-13-26)22(28)17-4-6-18(24)7-5-17/h4-9,16H,2-3,10-15H2,1H3. The number of aromatic nitrogens is 1. The van der Waals surface area contributed by atoms with Gasteiger partial charge in [-0.1, -0.05) is 27.3 Å². The minimum absolute atomic E-state index is 0.0291. The van der Waals surface area contributed by atoms with Gasteiger partial charge in [0.05, 0.1) is 30.0 Å². The highest BCUT2D eigenvalue weighted by atomic mass is 79.9. The van der Waals surface area contributed by atoms with E-state index in [-0.39, 0.29) is 5.91 Å². The third kappa shape index (κ3) is 5.63. The molecule has 2 aromatic carbocycles. The summed E-state index contributed by atoms with van der Waals surface area (Å²) in [4.78, 5) is 22.4. The highest BCUT2D eigenvalue weighted by Crippen LogP contribution is 2.32. The van der Waals surface area contributed by atoms with Gasteiger partial charge in [-0.2, -0.15) is 0 Å². The highest BCUT2D eigenvalue weighted by molar-refractivity contribution is 9.10. The second-order valence-corrected chi connectivity index (χ2v) is 9.26. The van der Waals surface area contributed by atoms with E-state index in [2.05, 4.69) is 20.8 Å². The first kappa shape index (κ1) is 22.2. The molecule has 0 saturated carbocycles. The summed E-state index contributed by atoms with van der Waals surface area (Å²) in [5.41, 5.74) is 1.54. The van der Waals surface area contributed by atoms with E-state index in [0.717, 1.165) is 64.8 Å². The Hall–Kier alpha value is -2.00. The normalized spacial score (nSPS) is 14.6. The molecule has 1 fully saturated rings. The molecule has 0 aliphatic carbocycles. The molecule has 8 heteroatoms. The molecule has 4 rings (SSSR count). The summed E-state index contributed by atoms with van der Waals surface area (Å²) in [6, 6.07) is 13.4. The Bertz CT molecular complexity index is 1020. The van der Waals surface area contributed by atoms with Crippen LogP contribution in [0.1, 0.15) is 23.7 Å². The molecule has 0 N–H and O–H groups in total. The van der Waals surface area contributed by atoms with Crippen LogP contribution in [-0.2, 0) is 4.74 Å². The molecule has 1 aliphatic rings. The third-order valence-corrected chi connectivity index (χ3v) is 6.76. The van der Waals surface area contributed by atoms with Crippen molar-refractivity contribution in [1.29, 1.82) is 0 Å². The number of carbonyl (C=O) groups excluding carboxylic acids is 1. The molecule has 3 aromatic rings. The van der Waals surface area contributed by atoms with E-state index in [0.29, 0.717) is 18.7 Å². The lowest BCUT2D eigenvalue weighted by molar-refractivity contribution is 0.0376. The third-order valence-electron chi connectivity index (χ3n) is 5.19. The molecular weight excluding hydrogens is 478 g/mol. The lowest BCUT2D eigenvalue weighted by Gasteiger charge is -2.27. The van der Waals surface area contributed by atoms with Crippen molar-refractivity contribution in [1.82, 2.24) is 9.88 Å². The van der Waals surface area contributed by atoms with Crippen molar-refractivity contribution in [3.8, 4) is 5.75 Å². The topological polar surface area (TPSA) is 54.9 Å². The predicted octanol–water partition coefficient (Wildman–Crippen LogP) is 4.83. The monoisotopic (exact) mass is 503 g/mol. The molecule has 0 atom stereocenters. The van der Waals surface area contributed by atoms with Crippen LogP contribution < -0.4 is 9.64 Å². The van der Waals surface area contributed by atoms with Gasteiger partial charge in [0.2, 0.25) is 0 Å². The molecule has 0 bridgehead atoms. The minimum Gasteiger partial charge on any atom is -0.494 e. The summed E-state index contributed by atoms with van der Waals surface area (Å²) in [6.07, 6.45) is 0.877. The van der Waals surface area contributed by atoms with Crippen molar-refractivity contribution >= 4 is 48.5 Å². The van der Waals surface area contributed by atoms with Crippen molar-refractivity contribution in [2.45, 2.75) is 13.3 Å². The molecule has 1 amide bonds. The SMILES string of the molecule is CCOc1ccc2nc(N(CCCN3CCOCC3)C(=O)c3ccc(Br)cc3)sc2c1. The molecule has 2 heterocycles. The number of amides is 1. The van der Waals surface area contributed by atoms with Crippen molar-refractivity contribution in [2.75, 3.05) is 50.9 Å². The maximum atomic E-state index is 13.4. The lowest BCUT2D eigenvalue weighted by atomic mass is 10.2. The first-order valence-corrected chi connectivity index (χ1v) is 12.2. The van der Waals surface area contributed by atoms with Crippen LogP contribution in [0.15, 0.2) is 46.9 Å². The zero-order chi connectivity index (χ0) is 21.6. The first-order valence-electron chi connectivity index (χ1n) is 10.5. The number of ether oxygens (including phenoxy) is 2. The van der Waals surface area contributed by atoms with Crippen molar-refractivity contribution < 1.29 is 14.3 Å². The van der Waals surface area contributed by atoms with Crippen LogP contribution in [0.5, 0.6) is 5.75 Å². The summed E-state index contributed by atoms with van der Waals surface area (Å²) in [5, 5.41) is 0.721. The number of thiazole rings is 1. The maximum absolute atomic E-state index is 13.4. The zero-order valence-electron chi connectivity index (χ0n) is 17.6. The van der Waals surface area contributed by atoms with Crippen LogP contribution in [0.25, 0.3) is 10.2 Å². The van der Waals surface area contributed by atoms with E-state index in [1.165, 1.54) is 11.3 Å². The van der Waals surface area contributed by atoms with Crippen LogP contribution in [0.4, 0.5) is 5.13 Å². The van der Waals surface area contributed by atoms with Crippen molar-refractivity contribution in [2.24, 2.45) is 0 Å². The van der Waals surface area contributed by atoms with Crippen LogP contribution >= 0.6 is 27.3 Å². The number of morpholine rings is 1. The molecule has 1 aliphatic heterocycles. The van der Waals surface area contributed by atoms with Gasteiger partial charge in [-0.05, 0) is 55.8 Å². The van der Waals surface area contributed by atoms with Gasteiger partial charge in [-0.25, -0.2) is 4.98 Å². The van der Waals surface area contributed by atoms with E-state index < -0.39 is 0 Å². The quantitative estimate of drug-likeness (QED) is 0.440. The average Bonchev–Trinajstić information content (AvgIpc) is 3.21. The Balaban J connectivity index is 1.56. The largest absolute Gasteiger partial charge is 0.494 e. The number of carbonyl (C=O) groups is 1. The summed E-state index contributed by atoms with van der Waals surface area (Å²) in [5.74, 6) is 0.793. The second-order valence-electron chi connectivity index (χ2n) is 7.33. The van der Waals surface area contributed by atoms with Crippen LogP contribution in [0, 0.1) is 0 Å². The molecule has 6 nitrogen and oxygen atoms in total. The van der Waals surface area contributed by atoms with Gasteiger partial charge < -0.3 is 9.47 Å². The fraction of sp³-hybridized carbons (Fsp3) is 0.391. The number of fused-ring (bicyclic) bond motifs is 1. The number of anilines is 1. The number of hydrogen-bond acceptors (Lipinski definition) is 6. The van der Waals surface area contributed by atoms with E-state index in [1.54, 1.807) is 0 Å². The molecule has 1 aromatic heterocycles. The molecule has 1 saturated heterocycles. The Morgan fingerprint density at radius 3 is 2.74 bits per heavy atom. The van der Waals surface area contributed by atoms with Crippen LogP contribution in [-0.4, -0.2) is 61.8 Å². The van der Waals surface area contributed by atoms with E-state index >= 15 is 0 Å². The summed E-state index contributed by atoms with van der Waals surface area (Å²) < 4.78 is 13.0. The smallest absolute Gasteiger partial charge is 0.260 e. The van der Waals surface area contributed by atoms with Crippen molar-refractivity contribution in [3.05, 3.63) is 52.5 Å². The maximum Gasteiger partial charge on any atom is 0.260 e. The second kappa shape index (κ2) is 10.5. The fourth-order valence-electron chi connectivity index (χ4n) is 3.57. The summed E-state index contributed by atoms with van der Waals surface area (Å²) in [7, 11) is 0. The van der Waals surface area contributed by atoms with Gasteiger partial charge in [0.15, 0.2) is 5.13 Å². The highest BCUT2D eigenvalue weighted by Gasteiger charge is 2.22. The van der Waals surface area contributed by atoms with E-state index in [4.69, 9.17) is 14.5 Å². The number of benzene rings is 2. The number of halogens is 1. The van der Waals surface area contributed by atoms with Gasteiger partial charge in [0.25, 0.3) is 5.91 Å².